The van der Waals surface area contributed by atoms with Gasteiger partial charge in [-0.1, -0.05) is 64.6 Å². The predicted molar refractivity (Wildman–Crippen MR) is 135 cm³/mol. The molecule has 0 radical (unpaired) electrons. The number of benzene rings is 2. The lowest BCUT2D eigenvalue weighted by Crippen LogP contribution is -2.28. The molecule has 0 heterocycles. The van der Waals surface area contributed by atoms with Crippen LogP contribution >= 0.6 is 7.92 Å². The Morgan fingerprint density at radius 1 is 0.645 bits per heavy atom. The van der Waals surface area contributed by atoms with Crippen molar-refractivity contribution >= 4 is 13.2 Å². The van der Waals surface area contributed by atoms with Crippen LogP contribution in [0.25, 0.3) is 11.1 Å². The van der Waals surface area contributed by atoms with E-state index in [9.17, 15) is 0 Å². The summed E-state index contributed by atoms with van der Waals surface area (Å²) in [6.07, 6.45) is 13.9. The summed E-state index contributed by atoms with van der Waals surface area (Å²) in [7, 11) is 3.37. The molecule has 3 heteroatoms. The van der Waals surface area contributed by atoms with Gasteiger partial charge in [0.1, 0.15) is 11.5 Å². The smallest absolute Gasteiger partial charge is 0.127 e. The van der Waals surface area contributed by atoms with Crippen LogP contribution in [0.1, 0.15) is 75.3 Å². The minimum Gasteiger partial charge on any atom is -0.496 e. The number of rotatable bonds is 6. The summed E-state index contributed by atoms with van der Waals surface area (Å²) in [4.78, 5) is 0. The molecule has 4 rings (SSSR count). The van der Waals surface area contributed by atoms with Crippen molar-refractivity contribution in [2.24, 2.45) is 0 Å². The van der Waals surface area contributed by atoms with Crippen molar-refractivity contribution in [3.05, 3.63) is 41.5 Å². The van der Waals surface area contributed by atoms with Crippen molar-refractivity contribution in [1.29, 1.82) is 0 Å². The van der Waals surface area contributed by atoms with E-state index in [1.165, 1.54) is 91.8 Å². The first-order valence-corrected chi connectivity index (χ1v) is 13.7. The first kappa shape index (κ1) is 22.7. The largest absolute Gasteiger partial charge is 0.496 e. The van der Waals surface area contributed by atoms with Gasteiger partial charge in [0.25, 0.3) is 0 Å². The summed E-state index contributed by atoms with van der Waals surface area (Å²) in [5.74, 6) is 2.09. The van der Waals surface area contributed by atoms with Crippen molar-refractivity contribution < 1.29 is 9.47 Å². The molecule has 0 saturated heterocycles. The molecule has 168 valence electrons. The molecule has 0 N–H and O–H groups in total. The van der Waals surface area contributed by atoms with Gasteiger partial charge in [0.15, 0.2) is 0 Å². The van der Waals surface area contributed by atoms with Crippen LogP contribution in [-0.2, 0) is 0 Å². The highest BCUT2D eigenvalue weighted by Gasteiger charge is 2.37. The van der Waals surface area contributed by atoms with Crippen LogP contribution in [0.3, 0.4) is 0 Å². The van der Waals surface area contributed by atoms with Crippen LogP contribution < -0.4 is 14.8 Å². The van der Waals surface area contributed by atoms with Gasteiger partial charge in [-0.15, -0.1) is 0 Å². The Hall–Kier alpha value is -1.53. The topological polar surface area (TPSA) is 18.5 Å². The van der Waals surface area contributed by atoms with Crippen LogP contribution in [0, 0.1) is 13.8 Å². The third-order valence-electron chi connectivity index (χ3n) is 7.47. The van der Waals surface area contributed by atoms with Gasteiger partial charge in [0, 0.05) is 10.9 Å². The van der Waals surface area contributed by atoms with E-state index in [0.29, 0.717) is 0 Å². The molecule has 0 amide bonds. The SMILES string of the molecule is COc1ccc(OC)c(P(C2CCCCC2)C2CCCCC2)c1-c1c(C)cccc1C. The van der Waals surface area contributed by atoms with E-state index in [4.69, 9.17) is 9.47 Å². The van der Waals surface area contributed by atoms with Crippen LogP contribution in [0.4, 0.5) is 0 Å². The summed E-state index contributed by atoms with van der Waals surface area (Å²) < 4.78 is 12.1. The highest BCUT2D eigenvalue weighted by molar-refractivity contribution is 7.67. The van der Waals surface area contributed by atoms with Gasteiger partial charge in [0.2, 0.25) is 0 Å². The molecule has 0 aliphatic heterocycles. The van der Waals surface area contributed by atoms with Crippen molar-refractivity contribution in [1.82, 2.24) is 0 Å². The van der Waals surface area contributed by atoms with E-state index in [0.717, 1.165) is 22.8 Å². The maximum atomic E-state index is 6.11. The zero-order valence-corrected chi connectivity index (χ0v) is 20.8. The minimum atomic E-state index is -0.315. The van der Waals surface area contributed by atoms with Gasteiger partial charge in [-0.3, -0.25) is 0 Å². The zero-order chi connectivity index (χ0) is 21.8. The molecular formula is C28H39O2P. The van der Waals surface area contributed by atoms with E-state index >= 15 is 0 Å². The Bertz CT molecular complexity index is 841. The minimum absolute atomic E-state index is 0.315. The molecule has 2 nitrogen and oxygen atoms in total. The lowest BCUT2D eigenvalue weighted by Gasteiger charge is -2.40. The Kier molecular flexibility index (Phi) is 7.59. The molecule has 31 heavy (non-hydrogen) atoms. The second-order valence-corrected chi connectivity index (χ2v) is 12.2. The highest BCUT2D eigenvalue weighted by Crippen LogP contribution is 2.59. The number of ether oxygens (including phenoxy) is 2. The second-order valence-electron chi connectivity index (χ2n) is 9.45. The fourth-order valence-electron chi connectivity index (χ4n) is 5.98. The van der Waals surface area contributed by atoms with Crippen LogP contribution in [0.2, 0.25) is 0 Å². The predicted octanol–water partition coefficient (Wildman–Crippen LogP) is 7.76. The fourth-order valence-corrected chi connectivity index (χ4v) is 10.0. The lowest BCUT2D eigenvalue weighted by atomic mass is 9.94. The second kappa shape index (κ2) is 10.4. The maximum Gasteiger partial charge on any atom is 0.127 e. The van der Waals surface area contributed by atoms with Gasteiger partial charge in [-0.05, 0) is 79.7 Å². The van der Waals surface area contributed by atoms with Crippen LogP contribution in [0.5, 0.6) is 11.5 Å². The van der Waals surface area contributed by atoms with Crippen molar-refractivity contribution in [2.45, 2.75) is 89.4 Å². The van der Waals surface area contributed by atoms with Crippen molar-refractivity contribution in [3.8, 4) is 22.6 Å². The molecule has 2 aromatic rings. The number of hydrogen-bond acceptors (Lipinski definition) is 2. The molecule has 0 atom stereocenters. The third-order valence-corrected chi connectivity index (χ3v) is 11.0. The Balaban J connectivity index is 1.97. The summed E-state index contributed by atoms with van der Waals surface area (Å²) in [6.45, 7) is 4.49. The van der Waals surface area contributed by atoms with E-state index in [1.807, 2.05) is 14.2 Å². The molecule has 2 aromatic carbocycles. The number of methoxy groups -OCH3 is 2. The molecule has 0 spiro atoms. The standard InChI is InChI=1S/C28H39O2P/c1-20-12-11-13-21(2)26(20)27-24(29-3)18-19-25(30-4)28(27)31(22-14-7-5-8-15-22)23-16-9-6-10-17-23/h11-13,18-19,22-23H,5-10,14-17H2,1-4H3. The van der Waals surface area contributed by atoms with Gasteiger partial charge in [-0.2, -0.15) is 0 Å². The van der Waals surface area contributed by atoms with E-state index in [1.54, 1.807) is 0 Å². The van der Waals surface area contributed by atoms with Gasteiger partial charge in [0.05, 0.1) is 14.2 Å². The van der Waals surface area contributed by atoms with Gasteiger partial charge in [-0.25, -0.2) is 0 Å². The summed E-state index contributed by atoms with van der Waals surface area (Å²) >= 11 is 0. The monoisotopic (exact) mass is 438 g/mol. The van der Waals surface area contributed by atoms with Gasteiger partial charge < -0.3 is 9.47 Å². The molecule has 0 unspecified atom stereocenters. The first-order valence-electron chi connectivity index (χ1n) is 12.3. The average molecular weight is 439 g/mol. The normalized spacial score (nSPS) is 18.4. The molecular weight excluding hydrogens is 399 g/mol. The number of hydrogen-bond donors (Lipinski definition) is 0. The quantitative estimate of drug-likeness (QED) is 0.429. The highest BCUT2D eigenvalue weighted by atomic mass is 31.1. The average Bonchev–Trinajstić information content (AvgIpc) is 2.81. The summed E-state index contributed by atoms with van der Waals surface area (Å²) in [6, 6.07) is 11.0. The molecule has 2 aliphatic rings. The first-order chi connectivity index (χ1) is 15.2. The van der Waals surface area contributed by atoms with Gasteiger partial charge >= 0.3 is 0 Å². The Morgan fingerprint density at radius 3 is 1.61 bits per heavy atom. The van der Waals surface area contributed by atoms with E-state index in [2.05, 4.69) is 44.2 Å². The van der Waals surface area contributed by atoms with Crippen molar-refractivity contribution in [3.63, 3.8) is 0 Å². The fraction of sp³-hybridized carbons (Fsp3) is 0.571. The number of aryl methyl sites for hydroxylation is 2. The lowest BCUT2D eigenvalue weighted by molar-refractivity contribution is 0.407. The third kappa shape index (κ3) is 4.65. The van der Waals surface area contributed by atoms with E-state index < -0.39 is 0 Å². The molecule has 0 bridgehead atoms. The van der Waals surface area contributed by atoms with Crippen LogP contribution in [0.15, 0.2) is 30.3 Å². The molecule has 0 aromatic heterocycles. The Labute approximate surface area is 190 Å². The van der Waals surface area contributed by atoms with E-state index in [-0.39, 0.29) is 7.92 Å². The van der Waals surface area contributed by atoms with Crippen molar-refractivity contribution in [2.75, 3.05) is 14.2 Å². The molecule has 2 fully saturated rings. The molecule has 2 saturated carbocycles. The van der Waals surface area contributed by atoms with Crippen LogP contribution in [-0.4, -0.2) is 25.5 Å². The zero-order valence-electron chi connectivity index (χ0n) is 19.9. The molecule has 2 aliphatic carbocycles. The maximum absolute atomic E-state index is 6.11. The summed E-state index contributed by atoms with van der Waals surface area (Å²) in [5.41, 5.74) is 6.96. The Morgan fingerprint density at radius 2 is 1.13 bits per heavy atom. The summed E-state index contributed by atoms with van der Waals surface area (Å²) in [5, 5.41) is 1.49.